The summed E-state index contributed by atoms with van der Waals surface area (Å²) < 4.78 is 15.8. The summed E-state index contributed by atoms with van der Waals surface area (Å²) >= 11 is 0. The predicted molar refractivity (Wildman–Crippen MR) is 66.0 cm³/mol. The highest BCUT2D eigenvalue weighted by Gasteiger charge is 2.16. The van der Waals surface area contributed by atoms with Crippen LogP contribution in [0.2, 0.25) is 0 Å². The molecular formula is C13H17NO4. The van der Waals surface area contributed by atoms with Gasteiger partial charge in [-0.25, -0.2) is 0 Å². The molecule has 98 valence electrons. The Morgan fingerprint density at radius 2 is 2.06 bits per heavy atom. The third-order valence-electron chi connectivity index (χ3n) is 2.23. The van der Waals surface area contributed by atoms with Gasteiger partial charge in [0.05, 0.1) is 0 Å². The number of benzene rings is 1. The molecule has 0 bridgehead atoms. The van der Waals surface area contributed by atoms with E-state index >= 15 is 0 Å². The molecule has 2 rings (SSSR count). The average molecular weight is 251 g/mol. The first-order valence-corrected chi connectivity index (χ1v) is 5.77. The molecular weight excluding hydrogens is 234 g/mol. The largest absolute Gasteiger partial charge is 0.484 e. The van der Waals surface area contributed by atoms with E-state index in [1.54, 1.807) is 18.2 Å². The quantitative estimate of drug-likeness (QED) is 0.888. The SMILES string of the molecule is CC(C)(C)NC(=O)COc1ccc2c(c1)OCO2. The van der Waals surface area contributed by atoms with E-state index in [0.717, 1.165) is 0 Å². The maximum atomic E-state index is 11.6. The zero-order valence-corrected chi connectivity index (χ0v) is 10.8. The number of hydrogen-bond acceptors (Lipinski definition) is 4. The van der Waals surface area contributed by atoms with Gasteiger partial charge in [0, 0.05) is 11.6 Å². The molecule has 5 heteroatoms. The van der Waals surface area contributed by atoms with E-state index in [9.17, 15) is 4.79 Å². The van der Waals surface area contributed by atoms with Crippen molar-refractivity contribution >= 4 is 5.91 Å². The lowest BCUT2D eigenvalue weighted by Gasteiger charge is -2.20. The number of rotatable bonds is 3. The minimum atomic E-state index is -0.255. The predicted octanol–water partition coefficient (Wildman–Crippen LogP) is 1.71. The van der Waals surface area contributed by atoms with Crippen LogP contribution in [-0.4, -0.2) is 24.8 Å². The second-order valence-corrected chi connectivity index (χ2v) is 5.10. The van der Waals surface area contributed by atoms with Crippen LogP contribution in [0.25, 0.3) is 0 Å². The monoisotopic (exact) mass is 251 g/mol. The number of ether oxygens (including phenoxy) is 3. The smallest absolute Gasteiger partial charge is 0.258 e. The molecule has 0 aliphatic carbocycles. The zero-order chi connectivity index (χ0) is 13.2. The van der Waals surface area contributed by atoms with E-state index in [1.807, 2.05) is 20.8 Å². The number of nitrogens with one attached hydrogen (secondary N) is 1. The van der Waals surface area contributed by atoms with Gasteiger partial charge in [0.15, 0.2) is 18.1 Å². The molecule has 0 saturated carbocycles. The molecule has 1 aliphatic rings. The Morgan fingerprint density at radius 3 is 2.78 bits per heavy atom. The van der Waals surface area contributed by atoms with E-state index in [0.29, 0.717) is 17.2 Å². The Kier molecular flexibility index (Phi) is 3.32. The summed E-state index contributed by atoms with van der Waals surface area (Å²) in [5.41, 5.74) is -0.255. The fourth-order valence-corrected chi connectivity index (χ4v) is 1.57. The lowest BCUT2D eigenvalue weighted by Crippen LogP contribution is -2.43. The summed E-state index contributed by atoms with van der Waals surface area (Å²) in [5, 5.41) is 2.82. The van der Waals surface area contributed by atoms with E-state index in [4.69, 9.17) is 14.2 Å². The molecule has 0 spiro atoms. The summed E-state index contributed by atoms with van der Waals surface area (Å²) in [5.74, 6) is 1.77. The molecule has 1 aromatic rings. The number of amides is 1. The second-order valence-electron chi connectivity index (χ2n) is 5.10. The number of carbonyl (C=O) groups is 1. The van der Waals surface area contributed by atoms with Crippen molar-refractivity contribution < 1.29 is 19.0 Å². The Hall–Kier alpha value is -1.91. The maximum absolute atomic E-state index is 11.6. The molecule has 0 atom stereocenters. The molecule has 0 fully saturated rings. The zero-order valence-electron chi connectivity index (χ0n) is 10.8. The third kappa shape index (κ3) is 3.29. The Morgan fingerprint density at radius 1 is 1.33 bits per heavy atom. The molecule has 5 nitrogen and oxygen atoms in total. The van der Waals surface area contributed by atoms with Gasteiger partial charge in [0.2, 0.25) is 6.79 Å². The van der Waals surface area contributed by atoms with Crippen LogP contribution < -0.4 is 19.5 Å². The van der Waals surface area contributed by atoms with Crippen molar-refractivity contribution in [2.24, 2.45) is 0 Å². The average Bonchev–Trinajstić information content (AvgIpc) is 2.71. The first-order valence-electron chi connectivity index (χ1n) is 5.77. The Labute approximate surface area is 106 Å². The molecule has 1 aromatic carbocycles. The minimum Gasteiger partial charge on any atom is -0.484 e. The molecule has 1 amide bonds. The first kappa shape index (κ1) is 12.5. The van der Waals surface area contributed by atoms with Crippen molar-refractivity contribution in [2.45, 2.75) is 26.3 Å². The van der Waals surface area contributed by atoms with Crippen molar-refractivity contribution in [3.8, 4) is 17.2 Å². The maximum Gasteiger partial charge on any atom is 0.258 e. The van der Waals surface area contributed by atoms with Crippen molar-refractivity contribution in [2.75, 3.05) is 13.4 Å². The highest BCUT2D eigenvalue weighted by atomic mass is 16.7. The van der Waals surface area contributed by atoms with Gasteiger partial charge in [-0.05, 0) is 32.9 Å². The van der Waals surface area contributed by atoms with E-state index in [-0.39, 0.29) is 24.8 Å². The van der Waals surface area contributed by atoms with Gasteiger partial charge in [0.25, 0.3) is 5.91 Å². The van der Waals surface area contributed by atoms with Crippen LogP contribution in [0.5, 0.6) is 17.2 Å². The molecule has 1 aliphatic heterocycles. The summed E-state index contributed by atoms with van der Waals surface area (Å²) in [4.78, 5) is 11.6. The topological polar surface area (TPSA) is 56.8 Å². The van der Waals surface area contributed by atoms with Gasteiger partial charge >= 0.3 is 0 Å². The fraction of sp³-hybridized carbons (Fsp3) is 0.462. The molecule has 0 saturated heterocycles. The van der Waals surface area contributed by atoms with Crippen LogP contribution in [0.4, 0.5) is 0 Å². The molecule has 1 heterocycles. The van der Waals surface area contributed by atoms with Gasteiger partial charge in [-0.2, -0.15) is 0 Å². The number of hydrogen-bond donors (Lipinski definition) is 1. The molecule has 1 N–H and O–H groups in total. The molecule has 0 radical (unpaired) electrons. The van der Waals surface area contributed by atoms with E-state index in [2.05, 4.69) is 5.32 Å². The van der Waals surface area contributed by atoms with Crippen molar-refractivity contribution in [3.63, 3.8) is 0 Å². The second kappa shape index (κ2) is 4.76. The molecule has 0 unspecified atom stereocenters. The lowest BCUT2D eigenvalue weighted by atomic mass is 10.1. The van der Waals surface area contributed by atoms with Gasteiger partial charge in [-0.1, -0.05) is 0 Å². The van der Waals surface area contributed by atoms with Crippen LogP contribution in [0.15, 0.2) is 18.2 Å². The number of fused-ring (bicyclic) bond motifs is 1. The summed E-state index contributed by atoms with van der Waals surface area (Å²) in [6.07, 6.45) is 0. The van der Waals surface area contributed by atoms with Crippen molar-refractivity contribution in [3.05, 3.63) is 18.2 Å². The summed E-state index contributed by atoms with van der Waals surface area (Å²) in [6, 6.07) is 5.23. The minimum absolute atomic E-state index is 0.0170. The van der Waals surface area contributed by atoms with Crippen LogP contribution in [0.3, 0.4) is 0 Å². The van der Waals surface area contributed by atoms with Crippen LogP contribution in [-0.2, 0) is 4.79 Å². The Balaban J connectivity index is 1.89. The van der Waals surface area contributed by atoms with E-state index < -0.39 is 0 Å². The number of carbonyl (C=O) groups excluding carboxylic acids is 1. The highest BCUT2D eigenvalue weighted by Crippen LogP contribution is 2.34. The molecule has 18 heavy (non-hydrogen) atoms. The van der Waals surface area contributed by atoms with Gasteiger partial charge in [0.1, 0.15) is 5.75 Å². The lowest BCUT2D eigenvalue weighted by molar-refractivity contribution is -0.124. The summed E-state index contributed by atoms with van der Waals surface area (Å²) in [7, 11) is 0. The first-order chi connectivity index (χ1) is 8.44. The normalized spacial score (nSPS) is 13.3. The third-order valence-corrected chi connectivity index (χ3v) is 2.23. The van der Waals surface area contributed by atoms with Gasteiger partial charge < -0.3 is 19.5 Å². The fourth-order valence-electron chi connectivity index (χ4n) is 1.57. The molecule has 0 aromatic heterocycles. The van der Waals surface area contributed by atoms with Crippen LogP contribution >= 0.6 is 0 Å². The van der Waals surface area contributed by atoms with Crippen molar-refractivity contribution in [1.82, 2.24) is 5.32 Å². The van der Waals surface area contributed by atoms with Crippen LogP contribution in [0, 0.1) is 0 Å². The van der Waals surface area contributed by atoms with Crippen LogP contribution in [0.1, 0.15) is 20.8 Å². The van der Waals surface area contributed by atoms with Crippen molar-refractivity contribution in [1.29, 1.82) is 0 Å². The highest BCUT2D eigenvalue weighted by molar-refractivity contribution is 5.78. The van der Waals surface area contributed by atoms with Gasteiger partial charge in [-0.15, -0.1) is 0 Å². The van der Waals surface area contributed by atoms with E-state index in [1.165, 1.54) is 0 Å². The van der Waals surface area contributed by atoms with Gasteiger partial charge in [-0.3, -0.25) is 4.79 Å². The standard InChI is InChI=1S/C13H17NO4/c1-13(2,3)14-12(15)7-16-9-4-5-10-11(6-9)18-8-17-10/h4-6H,7-8H2,1-3H3,(H,14,15). The Bertz CT molecular complexity index is 451. The summed E-state index contributed by atoms with van der Waals surface area (Å²) in [6.45, 7) is 5.97.